The van der Waals surface area contributed by atoms with Crippen LogP contribution in [0.15, 0.2) is 47.1 Å². The van der Waals surface area contributed by atoms with Gasteiger partial charge in [-0.2, -0.15) is 0 Å². The van der Waals surface area contributed by atoms with Crippen molar-refractivity contribution >= 4 is 23.0 Å². The van der Waals surface area contributed by atoms with Gasteiger partial charge >= 0.3 is 0 Å². The molecular formula is C17H21N3O2S. The standard InChI is InChI=1S/C17H21N3O2S/c1-21-15-6-4-14(5-7-15)18-17(23)20-10-8-19(9-11-20)13-16-3-2-12-22-16/h2-7,12H,8-11,13H2,1H3,(H,18,23). The number of hydrogen-bond acceptors (Lipinski definition) is 4. The van der Waals surface area contributed by atoms with Gasteiger partial charge in [-0.3, -0.25) is 4.90 Å². The van der Waals surface area contributed by atoms with Gasteiger partial charge in [0.1, 0.15) is 11.5 Å². The van der Waals surface area contributed by atoms with Gasteiger partial charge < -0.3 is 19.4 Å². The quantitative estimate of drug-likeness (QED) is 0.869. The van der Waals surface area contributed by atoms with Crippen LogP contribution < -0.4 is 10.1 Å². The number of methoxy groups -OCH3 is 1. The Morgan fingerprint density at radius 3 is 2.52 bits per heavy atom. The lowest BCUT2D eigenvalue weighted by Gasteiger charge is -2.35. The van der Waals surface area contributed by atoms with Crippen LogP contribution in [0, 0.1) is 0 Å². The zero-order valence-electron chi connectivity index (χ0n) is 13.2. The number of anilines is 1. The van der Waals surface area contributed by atoms with Crippen LogP contribution in [0.5, 0.6) is 5.75 Å². The Morgan fingerprint density at radius 2 is 1.91 bits per heavy atom. The van der Waals surface area contributed by atoms with Crippen LogP contribution in [0.4, 0.5) is 5.69 Å². The molecule has 5 nitrogen and oxygen atoms in total. The number of ether oxygens (including phenoxy) is 1. The molecule has 0 amide bonds. The molecule has 1 aromatic carbocycles. The van der Waals surface area contributed by atoms with Gasteiger partial charge in [0.05, 0.1) is 19.9 Å². The molecule has 1 aliphatic heterocycles. The Hall–Kier alpha value is -2.05. The molecular weight excluding hydrogens is 310 g/mol. The van der Waals surface area contributed by atoms with E-state index in [2.05, 4.69) is 15.1 Å². The van der Waals surface area contributed by atoms with E-state index in [-0.39, 0.29) is 0 Å². The monoisotopic (exact) mass is 331 g/mol. The molecule has 1 aliphatic rings. The molecule has 2 heterocycles. The normalized spacial score (nSPS) is 15.4. The third-order valence-electron chi connectivity index (χ3n) is 3.96. The van der Waals surface area contributed by atoms with Gasteiger partial charge in [-0.25, -0.2) is 0 Å². The molecule has 2 aromatic rings. The zero-order chi connectivity index (χ0) is 16.1. The summed E-state index contributed by atoms with van der Waals surface area (Å²) >= 11 is 5.52. The highest BCUT2D eigenvalue weighted by Gasteiger charge is 2.19. The van der Waals surface area contributed by atoms with Crippen molar-refractivity contribution in [2.75, 3.05) is 38.6 Å². The minimum atomic E-state index is 0.771. The summed E-state index contributed by atoms with van der Waals surface area (Å²) in [6.45, 7) is 4.65. The molecule has 1 saturated heterocycles. The molecule has 3 rings (SSSR count). The minimum absolute atomic E-state index is 0.771. The van der Waals surface area contributed by atoms with Crippen molar-refractivity contribution < 1.29 is 9.15 Å². The molecule has 0 aliphatic carbocycles. The summed E-state index contributed by atoms with van der Waals surface area (Å²) < 4.78 is 10.6. The van der Waals surface area contributed by atoms with E-state index in [1.807, 2.05) is 36.4 Å². The highest BCUT2D eigenvalue weighted by molar-refractivity contribution is 7.80. The Labute approximate surface area is 141 Å². The Morgan fingerprint density at radius 1 is 1.17 bits per heavy atom. The summed E-state index contributed by atoms with van der Waals surface area (Å²) in [6.07, 6.45) is 1.72. The van der Waals surface area contributed by atoms with Gasteiger partial charge in [-0.1, -0.05) is 0 Å². The van der Waals surface area contributed by atoms with Gasteiger partial charge in [0.15, 0.2) is 5.11 Å². The first kappa shape index (κ1) is 15.8. The Kier molecular flexibility index (Phi) is 5.15. The van der Waals surface area contributed by atoms with Crippen molar-refractivity contribution in [2.24, 2.45) is 0 Å². The number of hydrogen-bond donors (Lipinski definition) is 1. The van der Waals surface area contributed by atoms with E-state index in [1.54, 1.807) is 13.4 Å². The van der Waals surface area contributed by atoms with Crippen molar-refractivity contribution in [3.63, 3.8) is 0 Å². The maximum Gasteiger partial charge on any atom is 0.173 e. The van der Waals surface area contributed by atoms with Gasteiger partial charge in [-0.05, 0) is 48.6 Å². The molecule has 0 radical (unpaired) electrons. The van der Waals surface area contributed by atoms with E-state index < -0.39 is 0 Å². The van der Waals surface area contributed by atoms with E-state index in [9.17, 15) is 0 Å². The lowest BCUT2D eigenvalue weighted by Crippen LogP contribution is -2.49. The van der Waals surface area contributed by atoms with Crippen molar-refractivity contribution in [3.05, 3.63) is 48.4 Å². The van der Waals surface area contributed by atoms with Gasteiger partial charge in [0.2, 0.25) is 0 Å². The fourth-order valence-electron chi connectivity index (χ4n) is 2.61. The van der Waals surface area contributed by atoms with E-state index in [1.165, 1.54) is 0 Å². The first-order valence-electron chi connectivity index (χ1n) is 7.69. The van der Waals surface area contributed by atoms with E-state index in [0.717, 1.165) is 55.0 Å². The summed E-state index contributed by atoms with van der Waals surface area (Å²) in [5, 5.41) is 4.06. The zero-order valence-corrected chi connectivity index (χ0v) is 14.0. The summed E-state index contributed by atoms with van der Waals surface area (Å²) in [7, 11) is 1.66. The Balaban J connectivity index is 1.47. The van der Waals surface area contributed by atoms with Crippen molar-refractivity contribution in [1.29, 1.82) is 0 Å². The SMILES string of the molecule is COc1ccc(NC(=S)N2CCN(Cc3ccco3)CC2)cc1. The second-order valence-electron chi connectivity index (χ2n) is 5.50. The van der Waals surface area contributed by atoms with Gasteiger partial charge in [0, 0.05) is 31.9 Å². The molecule has 1 aromatic heterocycles. The molecule has 0 atom stereocenters. The third-order valence-corrected chi connectivity index (χ3v) is 4.32. The molecule has 0 saturated carbocycles. The number of furan rings is 1. The van der Waals surface area contributed by atoms with Crippen LogP contribution in [0.1, 0.15) is 5.76 Å². The maximum atomic E-state index is 5.52. The average molecular weight is 331 g/mol. The highest BCUT2D eigenvalue weighted by atomic mass is 32.1. The molecule has 1 N–H and O–H groups in total. The first-order valence-corrected chi connectivity index (χ1v) is 8.10. The minimum Gasteiger partial charge on any atom is -0.497 e. The van der Waals surface area contributed by atoms with Crippen LogP contribution in [-0.2, 0) is 6.54 Å². The van der Waals surface area contributed by atoms with Crippen LogP contribution >= 0.6 is 12.2 Å². The van der Waals surface area contributed by atoms with Crippen LogP contribution in [-0.4, -0.2) is 48.2 Å². The molecule has 0 bridgehead atoms. The van der Waals surface area contributed by atoms with E-state index in [4.69, 9.17) is 21.4 Å². The topological polar surface area (TPSA) is 40.9 Å². The third kappa shape index (κ3) is 4.24. The largest absolute Gasteiger partial charge is 0.497 e. The molecule has 0 unspecified atom stereocenters. The Bertz CT molecular complexity index is 620. The number of thiocarbonyl (C=S) groups is 1. The molecule has 23 heavy (non-hydrogen) atoms. The number of nitrogens with one attached hydrogen (secondary N) is 1. The second kappa shape index (κ2) is 7.48. The second-order valence-corrected chi connectivity index (χ2v) is 5.89. The van der Waals surface area contributed by atoms with Crippen LogP contribution in [0.3, 0.4) is 0 Å². The lowest BCUT2D eigenvalue weighted by molar-refractivity contribution is 0.166. The number of benzene rings is 1. The summed E-state index contributed by atoms with van der Waals surface area (Å²) in [5.74, 6) is 1.85. The fourth-order valence-corrected chi connectivity index (χ4v) is 2.91. The van der Waals surface area contributed by atoms with Gasteiger partial charge in [0.25, 0.3) is 0 Å². The molecule has 6 heteroatoms. The van der Waals surface area contributed by atoms with Crippen LogP contribution in [0.25, 0.3) is 0 Å². The number of rotatable bonds is 4. The van der Waals surface area contributed by atoms with Crippen molar-refractivity contribution in [1.82, 2.24) is 9.80 Å². The number of nitrogens with zero attached hydrogens (tertiary/aromatic N) is 2. The number of piperazine rings is 1. The predicted molar refractivity (Wildman–Crippen MR) is 94.8 cm³/mol. The first-order chi connectivity index (χ1) is 11.2. The summed E-state index contributed by atoms with van der Waals surface area (Å²) in [4.78, 5) is 4.59. The summed E-state index contributed by atoms with van der Waals surface area (Å²) in [5.41, 5.74) is 0.980. The van der Waals surface area contributed by atoms with E-state index >= 15 is 0 Å². The highest BCUT2D eigenvalue weighted by Crippen LogP contribution is 2.16. The molecule has 0 spiro atoms. The van der Waals surface area contributed by atoms with E-state index in [0.29, 0.717) is 0 Å². The lowest BCUT2D eigenvalue weighted by atomic mass is 10.3. The average Bonchev–Trinajstić information content (AvgIpc) is 3.09. The van der Waals surface area contributed by atoms with Crippen LogP contribution in [0.2, 0.25) is 0 Å². The molecule has 122 valence electrons. The van der Waals surface area contributed by atoms with Gasteiger partial charge in [-0.15, -0.1) is 0 Å². The smallest absolute Gasteiger partial charge is 0.173 e. The molecule has 1 fully saturated rings. The summed E-state index contributed by atoms with van der Waals surface area (Å²) in [6, 6.07) is 11.7. The fraction of sp³-hybridized carbons (Fsp3) is 0.353. The predicted octanol–water partition coefficient (Wildman–Crippen LogP) is 2.80. The van der Waals surface area contributed by atoms with Crippen molar-refractivity contribution in [2.45, 2.75) is 6.54 Å². The van der Waals surface area contributed by atoms with Crippen molar-refractivity contribution in [3.8, 4) is 5.75 Å². The maximum absolute atomic E-state index is 5.52.